The van der Waals surface area contributed by atoms with E-state index >= 15 is 0 Å². The van der Waals surface area contributed by atoms with E-state index in [1.165, 1.54) is 0 Å². The van der Waals surface area contributed by atoms with E-state index in [0.29, 0.717) is 6.61 Å². The number of hydrogen-bond donors (Lipinski definition) is 0. The molecule has 0 bridgehead atoms. The monoisotopic (exact) mass is 443 g/mol. The number of aromatic nitrogens is 3. The van der Waals surface area contributed by atoms with E-state index in [1.807, 2.05) is 53.2 Å². The van der Waals surface area contributed by atoms with Crippen molar-refractivity contribution in [1.82, 2.24) is 19.5 Å². The number of fused-ring (bicyclic) bond motifs is 1. The summed E-state index contributed by atoms with van der Waals surface area (Å²) >= 11 is 0. The molecule has 0 saturated carbocycles. The molecule has 1 saturated heterocycles. The summed E-state index contributed by atoms with van der Waals surface area (Å²) in [6.07, 6.45) is 1.92. The van der Waals surface area contributed by atoms with Crippen LogP contribution >= 0.6 is 0 Å². The lowest BCUT2D eigenvalue weighted by Gasteiger charge is -2.36. The highest BCUT2D eigenvalue weighted by Crippen LogP contribution is 2.27. The van der Waals surface area contributed by atoms with E-state index in [9.17, 15) is 0 Å². The number of methoxy groups -OCH3 is 1. The number of ether oxygens (including phenoxy) is 2. The first-order chi connectivity index (χ1) is 16.2. The zero-order chi connectivity index (χ0) is 22.6. The molecule has 170 valence electrons. The topological polar surface area (TPSA) is 55.1 Å². The van der Waals surface area contributed by atoms with E-state index < -0.39 is 0 Å². The lowest BCUT2D eigenvalue weighted by Crippen LogP contribution is -2.48. The number of nitrogens with zero attached hydrogens (tertiary/aromatic N) is 5. The lowest BCUT2D eigenvalue weighted by atomic mass is 10.1. The Morgan fingerprint density at radius 3 is 2.48 bits per heavy atom. The van der Waals surface area contributed by atoms with Crippen LogP contribution in [-0.2, 0) is 0 Å². The largest absolute Gasteiger partial charge is 0.497 e. The number of aryl methyl sites for hydroxylation is 1. The number of benzene rings is 2. The molecular formula is C26H29N5O2. The highest BCUT2D eigenvalue weighted by Gasteiger charge is 2.21. The summed E-state index contributed by atoms with van der Waals surface area (Å²) in [5.74, 6) is 2.76. The normalized spacial score (nSPS) is 14.5. The summed E-state index contributed by atoms with van der Waals surface area (Å²) in [5.41, 5.74) is 4.11. The van der Waals surface area contributed by atoms with E-state index in [-0.39, 0.29) is 0 Å². The fraction of sp³-hybridized carbons (Fsp3) is 0.308. The molecule has 1 fully saturated rings. The van der Waals surface area contributed by atoms with Crippen LogP contribution in [0.2, 0.25) is 0 Å². The third-order valence-electron chi connectivity index (χ3n) is 6.08. The Balaban J connectivity index is 1.23. The molecule has 7 heteroatoms. The molecule has 0 N–H and O–H groups in total. The molecule has 1 aliphatic heterocycles. The highest BCUT2D eigenvalue weighted by molar-refractivity contribution is 5.78. The van der Waals surface area contributed by atoms with Crippen LogP contribution in [0.25, 0.3) is 16.8 Å². The predicted octanol–water partition coefficient (Wildman–Crippen LogP) is 3.91. The summed E-state index contributed by atoms with van der Waals surface area (Å²) in [5, 5.41) is 4.70. The zero-order valence-corrected chi connectivity index (χ0v) is 19.1. The minimum absolute atomic E-state index is 0.658. The van der Waals surface area contributed by atoms with Gasteiger partial charge in [-0.25, -0.2) is 4.98 Å². The van der Waals surface area contributed by atoms with Crippen molar-refractivity contribution in [3.63, 3.8) is 0 Å². The second-order valence-corrected chi connectivity index (χ2v) is 8.27. The lowest BCUT2D eigenvalue weighted by molar-refractivity contribution is 0.200. The summed E-state index contributed by atoms with van der Waals surface area (Å²) < 4.78 is 13.2. The SMILES string of the molecule is COc1cccc(OCCN2CCN(c3cc(C)nc4c(-c5ccccc5)cnn34)CC2)c1. The van der Waals surface area contributed by atoms with Gasteiger partial charge in [0, 0.05) is 56.1 Å². The Bertz CT molecular complexity index is 1220. The molecule has 33 heavy (non-hydrogen) atoms. The molecule has 0 atom stereocenters. The minimum atomic E-state index is 0.658. The van der Waals surface area contributed by atoms with Crippen LogP contribution in [0.15, 0.2) is 66.9 Å². The Morgan fingerprint density at radius 2 is 1.70 bits per heavy atom. The van der Waals surface area contributed by atoms with Gasteiger partial charge >= 0.3 is 0 Å². The Morgan fingerprint density at radius 1 is 0.909 bits per heavy atom. The fourth-order valence-corrected chi connectivity index (χ4v) is 4.30. The van der Waals surface area contributed by atoms with Gasteiger partial charge in [0.05, 0.1) is 13.3 Å². The molecule has 4 aromatic rings. The van der Waals surface area contributed by atoms with Gasteiger partial charge in [0.25, 0.3) is 0 Å². The molecule has 7 nitrogen and oxygen atoms in total. The number of piperazine rings is 1. The Kier molecular flexibility index (Phi) is 6.13. The Hall–Kier alpha value is -3.58. The average molecular weight is 444 g/mol. The second-order valence-electron chi connectivity index (χ2n) is 8.27. The molecule has 2 aromatic carbocycles. The first-order valence-corrected chi connectivity index (χ1v) is 11.4. The molecule has 0 radical (unpaired) electrons. The quantitative estimate of drug-likeness (QED) is 0.432. The van der Waals surface area contributed by atoms with Crippen LogP contribution in [0.4, 0.5) is 5.82 Å². The van der Waals surface area contributed by atoms with E-state index in [2.05, 4.69) is 34.9 Å². The summed E-state index contributed by atoms with van der Waals surface area (Å²) in [6, 6.07) is 20.2. The molecule has 0 spiro atoms. The minimum Gasteiger partial charge on any atom is -0.497 e. The van der Waals surface area contributed by atoms with Gasteiger partial charge in [-0.1, -0.05) is 36.4 Å². The second kappa shape index (κ2) is 9.50. The zero-order valence-electron chi connectivity index (χ0n) is 19.1. The molecule has 0 amide bonds. The molecule has 5 rings (SSSR count). The maximum atomic E-state index is 5.92. The molecule has 3 heterocycles. The summed E-state index contributed by atoms with van der Waals surface area (Å²) in [7, 11) is 1.67. The third kappa shape index (κ3) is 4.64. The van der Waals surface area contributed by atoms with Crippen LogP contribution in [0, 0.1) is 6.92 Å². The Labute approximate surface area is 194 Å². The molecule has 2 aromatic heterocycles. The third-order valence-corrected chi connectivity index (χ3v) is 6.08. The molecular weight excluding hydrogens is 414 g/mol. The van der Waals surface area contributed by atoms with Crippen LogP contribution in [0.5, 0.6) is 11.5 Å². The van der Waals surface area contributed by atoms with Crippen LogP contribution in [0.3, 0.4) is 0 Å². The maximum Gasteiger partial charge on any atom is 0.165 e. The van der Waals surface area contributed by atoms with Crippen molar-refractivity contribution in [2.45, 2.75) is 6.92 Å². The van der Waals surface area contributed by atoms with Crippen molar-refractivity contribution < 1.29 is 9.47 Å². The van der Waals surface area contributed by atoms with Crippen molar-refractivity contribution in [1.29, 1.82) is 0 Å². The van der Waals surface area contributed by atoms with Gasteiger partial charge in [0.2, 0.25) is 0 Å². The van der Waals surface area contributed by atoms with Gasteiger partial charge in [-0.3, -0.25) is 4.90 Å². The molecule has 0 unspecified atom stereocenters. The first kappa shape index (κ1) is 21.3. The smallest absolute Gasteiger partial charge is 0.165 e. The number of rotatable bonds is 7. The average Bonchev–Trinajstić information content (AvgIpc) is 3.28. The van der Waals surface area contributed by atoms with E-state index in [1.54, 1.807) is 7.11 Å². The molecule has 0 aliphatic carbocycles. The van der Waals surface area contributed by atoms with Gasteiger partial charge in [0.1, 0.15) is 23.9 Å². The van der Waals surface area contributed by atoms with E-state index in [4.69, 9.17) is 19.6 Å². The van der Waals surface area contributed by atoms with Crippen molar-refractivity contribution in [2.24, 2.45) is 0 Å². The predicted molar refractivity (Wildman–Crippen MR) is 130 cm³/mol. The van der Waals surface area contributed by atoms with Crippen LogP contribution in [0.1, 0.15) is 5.69 Å². The van der Waals surface area contributed by atoms with Gasteiger partial charge in [0.15, 0.2) is 5.65 Å². The highest BCUT2D eigenvalue weighted by atomic mass is 16.5. The van der Waals surface area contributed by atoms with Crippen molar-refractivity contribution in [3.05, 3.63) is 72.6 Å². The van der Waals surface area contributed by atoms with Crippen molar-refractivity contribution >= 4 is 11.5 Å². The first-order valence-electron chi connectivity index (χ1n) is 11.4. The molecule has 1 aliphatic rings. The maximum absolute atomic E-state index is 5.92. The van der Waals surface area contributed by atoms with Gasteiger partial charge in [-0.15, -0.1) is 0 Å². The van der Waals surface area contributed by atoms with Gasteiger partial charge in [-0.05, 0) is 24.6 Å². The summed E-state index contributed by atoms with van der Waals surface area (Å²) in [4.78, 5) is 9.65. The van der Waals surface area contributed by atoms with Crippen LogP contribution < -0.4 is 14.4 Å². The number of anilines is 1. The van der Waals surface area contributed by atoms with Gasteiger partial charge < -0.3 is 14.4 Å². The van der Waals surface area contributed by atoms with Gasteiger partial charge in [-0.2, -0.15) is 9.61 Å². The number of hydrogen-bond acceptors (Lipinski definition) is 6. The van der Waals surface area contributed by atoms with Crippen molar-refractivity contribution in [2.75, 3.05) is 51.3 Å². The van der Waals surface area contributed by atoms with E-state index in [0.717, 1.165) is 72.5 Å². The van der Waals surface area contributed by atoms with Crippen LogP contribution in [-0.4, -0.2) is 65.9 Å². The summed E-state index contributed by atoms with van der Waals surface area (Å²) in [6.45, 7) is 7.46. The standard InChI is InChI=1S/C26H29N5O2/c1-20-17-25(31-26(28-20)24(19-27-31)21-7-4-3-5-8-21)30-13-11-29(12-14-30)15-16-33-23-10-6-9-22(18-23)32-2/h3-10,17-19H,11-16H2,1-2H3. The van der Waals surface area contributed by atoms with Crippen molar-refractivity contribution in [3.8, 4) is 22.6 Å². The fourth-order valence-electron chi connectivity index (χ4n) is 4.30.